The Morgan fingerprint density at radius 2 is 0.812 bits per heavy atom. The van der Waals surface area contributed by atoms with Gasteiger partial charge in [0.05, 0.1) is 0 Å². The number of hydrogen-bond acceptors (Lipinski definition) is 0. The van der Waals surface area contributed by atoms with E-state index in [2.05, 4.69) is 54.9 Å². The SMILES string of the molecule is C[P@](CC[P@](C)C(C)(C)C)C(C)(C)C.[B].[B]. The molecular formula is C12H28B2P2. The van der Waals surface area contributed by atoms with Crippen LogP contribution in [0.5, 0.6) is 0 Å². The minimum atomic E-state index is 0. The van der Waals surface area contributed by atoms with Gasteiger partial charge in [0.2, 0.25) is 0 Å². The summed E-state index contributed by atoms with van der Waals surface area (Å²) in [7, 11) is 0.430. The summed E-state index contributed by atoms with van der Waals surface area (Å²) in [6.45, 7) is 19.2. The first-order valence-corrected chi connectivity index (χ1v) is 9.42. The average Bonchev–Trinajstić information content (AvgIpc) is 1.95. The van der Waals surface area contributed by atoms with Crippen molar-refractivity contribution in [3.05, 3.63) is 0 Å². The molecule has 0 unspecified atom stereocenters. The van der Waals surface area contributed by atoms with Crippen LogP contribution >= 0.6 is 15.8 Å². The molecule has 0 aliphatic rings. The van der Waals surface area contributed by atoms with Crippen molar-refractivity contribution >= 4 is 32.7 Å². The molecule has 6 radical (unpaired) electrons. The van der Waals surface area contributed by atoms with Gasteiger partial charge in [-0.2, -0.15) is 0 Å². The molecule has 4 heteroatoms. The second-order valence-corrected chi connectivity index (χ2v) is 12.6. The molecule has 0 saturated carbocycles. The zero-order valence-electron chi connectivity index (χ0n) is 12.5. The van der Waals surface area contributed by atoms with Crippen LogP contribution in [0, 0.1) is 0 Å². The van der Waals surface area contributed by atoms with E-state index in [-0.39, 0.29) is 32.7 Å². The molecule has 0 heterocycles. The van der Waals surface area contributed by atoms with Crippen molar-refractivity contribution in [2.24, 2.45) is 0 Å². The molecule has 0 fully saturated rings. The lowest BCUT2D eigenvalue weighted by atomic mass is 10.3. The highest BCUT2D eigenvalue weighted by atomic mass is 31.1. The van der Waals surface area contributed by atoms with Crippen molar-refractivity contribution in [3.63, 3.8) is 0 Å². The summed E-state index contributed by atoms with van der Waals surface area (Å²) >= 11 is 0. The van der Waals surface area contributed by atoms with Gasteiger partial charge in [-0.3, -0.25) is 0 Å². The van der Waals surface area contributed by atoms with E-state index in [0.29, 0.717) is 10.3 Å². The second-order valence-electron chi connectivity index (χ2n) is 6.18. The average molecular weight is 256 g/mol. The topological polar surface area (TPSA) is 0 Å². The number of rotatable bonds is 3. The maximum absolute atomic E-state index is 2.46. The van der Waals surface area contributed by atoms with Gasteiger partial charge in [-0.05, 0) is 36.0 Å². The number of hydrogen-bond donors (Lipinski definition) is 0. The molecule has 0 saturated heterocycles. The fourth-order valence-corrected chi connectivity index (χ4v) is 4.71. The smallest absolute Gasteiger partial charge is 0 e. The molecule has 0 aromatic carbocycles. The minimum absolute atomic E-state index is 0. The molecule has 0 aliphatic carbocycles. The molecule has 16 heavy (non-hydrogen) atoms. The van der Waals surface area contributed by atoms with Crippen LogP contribution in [0.3, 0.4) is 0 Å². The summed E-state index contributed by atoms with van der Waals surface area (Å²) in [6.07, 6.45) is 2.91. The monoisotopic (exact) mass is 256 g/mol. The highest BCUT2D eigenvalue weighted by Gasteiger charge is 2.23. The quantitative estimate of drug-likeness (QED) is 0.527. The molecule has 0 rings (SSSR count). The van der Waals surface area contributed by atoms with E-state index in [1.54, 1.807) is 0 Å². The molecule has 0 bridgehead atoms. The normalized spacial score (nSPS) is 15.8. The summed E-state index contributed by atoms with van der Waals surface area (Å²) in [6, 6.07) is 0. The zero-order valence-corrected chi connectivity index (χ0v) is 14.3. The standard InChI is InChI=1S/C12H28P2.2B/c1-11(2,3)13(7)9-10-14(8)12(4,5)6;;/h9-10H2,1-8H3;;/t13-,14+;;. The Kier molecular flexibility index (Phi) is 11.3. The fourth-order valence-electron chi connectivity index (χ4n) is 0.971. The van der Waals surface area contributed by atoms with E-state index in [9.17, 15) is 0 Å². The summed E-state index contributed by atoms with van der Waals surface area (Å²) in [5.41, 5.74) is 0. The Bertz CT molecular complexity index is 151. The van der Waals surface area contributed by atoms with Gasteiger partial charge in [-0.25, -0.2) is 0 Å². The van der Waals surface area contributed by atoms with Gasteiger partial charge >= 0.3 is 0 Å². The van der Waals surface area contributed by atoms with Crippen LogP contribution in [0.2, 0.25) is 0 Å². The van der Waals surface area contributed by atoms with Crippen LogP contribution in [0.1, 0.15) is 41.5 Å². The molecule has 0 amide bonds. The molecule has 0 N–H and O–H groups in total. The van der Waals surface area contributed by atoms with Crippen LogP contribution in [0.4, 0.5) is 0 Å². The van der Waals surface area contributed by atoms with Crippen molar-refractivity contribution in [3.8, 4) is 0 Å². The van der Waals surface area contributed by atoms with E-state index in [1.807, 2.05) is 0 Å². The third-order valence-corrected chi connectivity index (χ3v) is 9.78. The van der Waals surface area contributed by atoms with Gasteiger partial charge in [0, 0.05) is 16.8 Å². The van der Waals surface area contributed by atoms with E-state index < -0.39 is 0 Å². The highest BCUT2D eigenvalue weighted by Crippen LogP contribution is 2.52. The van der Waals surface area contributed by atoms with Crippen LogP contribution in [-0.2, 0) is 0 Å². The lowest BCUT2D eigenvalue weighted by Gasteiger charge is -2.33. The maximum Gasteiger partial charge on any atom is 0 e. The Labute approximate surface area is 110 Å². The molecule has 0 aliphatic heterocycles. The Morgan fingerprint density at radius 1 is 0.625 bits per heavy atom. The predicted octanol–water partition coefficient (Wildman–Crippen LogP) is 4.05. The maximum atomic E-state index is 2.46. The molecule has 2 atom stereocenters. The van der Waals surface area contributed by atoms with Crippen molar-refractivity contribution in [1.82, 2.24) is 0 Å². The van der Waals surface area contributed by atoms with Crippen LogP contribution in [0.15, 0.2) is 0 Å². The third-order valence-electron chi connectivity index (χ3n) is 3.06. The lowest BCUT2D eigenvalue weighted by molar-refractivity contribution is 0.777. The van der Waals surface area contributed by atoms with E-state index >= 15 is 0 Å². The summed E-state index contributed by atoms with van der Waals surface area (Å²) in [5.74, 6) is 0. The first-order valence-electron chi connectivity index (χ1n) is 5.47. The first kappa shape index (κ1) is 22.2. The molecule has 0 spiro atoms. The third kappa shape index (κ3) is 9.07. The Morgan fingerprint density at radius 3 is 0.938 bits per heavy atom. The zero-order chi connectivity index (χ0) is 11.6. The minimum Gasteiger partial charge on any atom is -0.104 e. The lowest BCUT2D eigenvalue weighted by Crippen LogP contribution is -2.17. The highest BCUT2D eigenvalue weighted by molar-refractivity contribution is 7.62. The molecule has 0 nitrogen and oxygen atoms in total. The van der Waals surface area contributed by atoms with E-state index in [4.69, 9.17) is 0 Å². The van der Waals surface area contributed by atoms with E-state index in [0.717, 1.165) is 0 Å². The Balaban J connectivity index is -0.000000845. The van der Waals surface area contributed by atoms with Crippen molar-refractivity contribution in [2.45, 2.75) is 51.9 Å². The van der Waals surface area contributed by atoms with E-state index in [1.165, 1.54) is 12.3 Å². The van der Waals surface area contributed by atoms with Gasteiger partial charge in [0.25, 0.3) is 0 Å². The Hall–Kier alpha value is 0.990. The fraction of sp³-hybridized carbons (Fsp3) is 1.00. The van der Waals surface area contributed by atoms with Crippen molar-refractivity contribution < 1.29 is 0 Å². The van der Waals surface area contributed by atoms with Crippen molar-refractivity contribution in [1.29, 1.82) is 0 Å². The van der Waals surface area contributed by atoms with Crippen LogP contribution in [0.25, 0.3) is 0 Å². The summed E-state index contributed by atoms with van der Waals surface area (Å²) in [4.78, 5) is 0. The summed E-state index contributed by atoms with van der Waals surface area (Å²) < 4.78 is 0. The molecule has 0 aromatic rings. The van der Waals surface area contributed by atoms with Crippen molar-refractivity contribution in [2.75, 3.05) is 25.7 Å². The summed E-state index contributed by atoms with van der Waals surface area (Å²) in [5, 5.41) is 1.09. The molecular weight excluding hydrogens is 228 g/mol. The van der Waals surface area contributed by atoms with Crippen LogP contribution < -0.4 is 0 Å². The van der Waals surface area contributed by atoms with Gasteiger partial charge < -0.3 is 0 Å². The van der Waals surface area contributed by atoms with Gasteiger partial charge in [0.1, 0.15) is 0 Å². The predicted molar refractivity (Wildman–Crippen MR) is 86.4 cm³/mol. The van der Waals surface area contributed by atoms with Crippen LogP contribution in [-0.4, -0.2) is 52.8 Å². The van der Waals surface area contributed by atoms with Gasteiger partial charge in [-0.1, -0.05) is 41.5 Å². The molecule has 0 aromatic heterocycles. The molecule has 92 valence electrons. The largest absolute Gasteiger partial charge is 0.104 e. The first-order chi connectivity index (χ1) is 6.05. The second kappa shape index (κ2) is 8.15. The van der Waals surface area contributed by atoms with Gasteiger partial charge in [-0.15, -0.1) is 15.8 Å². The van der Waals surface area contributed by atoms with Gasteiger partial charge in [0.15, 0.2) is 0 Å².